The van der Waals surface area contributed by atoms with Gasteiger partial charge in [0.15, 0.2) is 11.0 Å². The number of nitrogens with zero attached hydrogens (tertiary/aromatic N) is 3. The maximum atomic E-state index is 13.4. The number of hydrogen-bond donors (Lipinski definition) is 0. The number of halogens is 3. The molecule has 140 valence electrons. The lowest BCUT2D eigenvalue weighted by atomic mass is 10.2. The Balaban J connectivity index is 1.74. The molecule has 4 aromatic rings. The van der Waals surface area contributed by atoms with Gasteiger partial charge < -0.3 is 0 Å². The molecule has 1 aromatic heterocycles. The van der Waals surface area contributed by atoms with Gasteiger partial charge in [0, 0.05) is 27.0 Å². The van der Waals surface area contributed by atoms with E-state index < -0.39 is 0 Å². The predicted octanol–water partition coefficient (Wildman–Crippen LogP) is 6.67. The molecule has 0 amide bonds. The van der Waals surface area contributed by atoms with E-state index in [1.165, 1.54) is 23.9 Å². The molecule has 0 fully saturated rings. The van der Waals surface area contributed by atoms with E-state index in [1.807, 2.05) is 41.0 Å². The van der Waals surface area contributed by atoms with E-state index in [0.717, 1.165) is 16.8 Å². The first-order valence-electron chi connectivity index (χ1n) is 8.45. The third-order valence-electron chi connectivity index (χ3n) is 4.14. The highest BCUT2D eigenvalue weighted by molar-refractivity contribution is 7.98. The minimum atomic E-state index is -0.296. The standard InChI is InChI=1S/C21H14Cl2FN3S/c22-16-7-5-14(6-8-16)20-25-26-21(27(20)18-11-9-17(24)10-12-18)28-13-15-3-1-2-4-19(15)23/h1-12H,13H2. The van der Waals surface area contributed by atoms with Crippen LogP contribution in [-0.4, -0.2) is 14.8 Å². The topological polar surface area (TPSA) is 30.7 Å². The fraction of sp³-hybridized carbons (Fsp3) is 0.0476. The van der Waals surface area contributed by atoms with E-state index >= 15 is 0 Å². The summed E-state index contributed by atoms with van der Waals surface area (Å²) >= 11 is 13.8. The Hall–Kier alpha value is -2.34. The average molecular weight is 430 g/mol. The van der Waals surface area contributed by atoms with Crippen LogP contribution in [0.5, 0.6) is 0 Å². The van der Waals surface area contributed by atoms with Crippen molar-refractivity contribution in [2.24, 2.45) is 0 Å². The Kier molecular flexibility index (Phi) is 5.67. The van der Waals surface area contributed by atoms with Crippen LogP contribution in [0.25, 0.3) is 17.1 Å². The molecule has 28 heavy (non-hydrogen) atoms. The molecule has 0 unspecified atom stereocenters. The van der Waals surface area contributed by atoms with Crippen molar-refractivity contribution in [2.45, 2.75) is 10.9 Å². The Morgan fingerprint density at radius 3 is 2.29 bits per heavy atom. The summed E-state index contributed by atoms with van der Waals surface area (Å²) in [6, 6.07) is 21.3. The Morgan fingerprint density at radius 1 is 0.857 bits per heavy atom. The van der Waals surface area contributed by atoms with Gasteiger partial charge in [-0.15, -0.1) is 10.2 Å². The summed E-state index contributed by atoms with van der Waals surface area (Å²) < 4.78 is 15.3. The van der Waals surface area contributed by atoms with Crippen LogP contribution in [0.3, 0.4) is 0 Å². The highest BCUT2D eigenvalue weighted by Gasteiger charge is 2.17. The number of aromatic nitrogens is 3. The molecule has 3 nitrogen and oxygen atoms in total. The fourth-order valence-electron chi connectivity index (χ4n) is 2.73. The Morgan fingerprint density at radius 2 is 1.57 bits per heavy atom. The van der Waals surface area contributed by atoms with Crippen LogP contribution < -0.4 is 0 Å². The fourth-order valence-corrected chi connectivity index (χ4v) is 4.09. The van der Waals surface area contributed by atoms with E-state index in [9.17, 15) is 4.39 Å². The molecule has 0 radical (unpaired) electrons. The Labute approximate surface area is 176 Å². The number of benzene rings is 3. The minimum absolute atomic E-state index is 0.296. The molecule has 3 aromatic carbocycles. The van der Waals surface area contributed by atoms with Crippen LogP contribution >= 0.6 is 35.0 Å². The van der Waals surface area contributed by atoms with Gasteiger partial charge in [-0.3, -0.25) is 4.57 Å². The van der Waals surface area contributed by atoms with Gasteiger partial charge in [0.25, 0.3) is 0 Å². The van der Waals surface area contributed by atoms with E-state index in [-0.39, 0.29) is 5.82 Å². The van der Waals surface area contributed by atoms with Crippen molar-refractivity contribution in [2.75, 3.05) is 0 Å². The minimum Gasteiger partial charge on any atom is -0.270 e. The molecule has 0 saturated carbocycles. The monoisotopic (exact) mass is 429 g/mol. The number of hydrogen-bond acceptors (Lipinski definition) is 3. The summed E-state index contributed by atoms with van der Waals surface area (Å²) in [6.07, 6.45) is 0. The summed E-state index contributed by atoms with van der Waals surface area (Å²) in [5.41, 5.74) is 2.65. The van der Waals surface area contributed by atoms with Crippen LogP contribution in [-0.2, 0) is 5.75 Å². The lowest BCUT2D eigenvalue weighted by Crippen LogP contribution is -2.00. The van der Waals surface area contributed by atoms with Crippen molar-refractivity contribution in [3.8, 4) is 17.1 Å². The molecule has 0 atom stereocenters. The van der Waals surface area contributed by atoms with Crippen LogP contribution in [0.1, 0.15) is 5.56 Å². The Bertz CT molecular complexity index is 1100. The summed E-state index contributed by atoms with van der Waals surface area (Å²) in [5, 5.41) is 10.8. The van der Waals surface area contributed by atoms with Gasteiger partial charge in [-0.25, -0.2) is 4.39 Å². The molecule has 1 heterocycles. The zero-order valence-electron chi connectivity index (χ0n) is 14.5. The quantitative estimate of drug-likeness (QED) is 0.331. The van der Waals surface area contributed by atoms with Gasteiger partial charge >= 0.3 is 0 Å². The highest BCUT2D eigenvalue weighted by atomic mass is 35.5. The summed E-state index contributed by atoms with van der Waals surface area (Å²) in [5.74, 6) is 1.000. The van der Waals surface area contributed by atoms with Crippen molar-refractivity contribution >= 4 is 35.0 Å². The van der Waals surface area contributed by atoms with Crippen LogP contribution in [0.4, 0.5) is 4.39 Å². The van der Waals surface area contributed by atoms with Gasteiger partial charge in [0.2, 0.25) is 0 Å². The first-order chi connectivity index (χ1) is 13.6. The summed E-state index contributed by atoms with van der Waals surface area (Å²) in [7, 11) is 0. The largest absolute Gasteiger partial charge is 0.270 e. The molecule has 0 aliphatic carbocycles. The molecule has 0 spiro atoms. The zero-order chi connectivity index (χ0) is 19.5. The first-order valence-corrected chi connectivity index (χ1v) is 10.2. The third-order valence-corrected chi connectivity index (χ3v) is 5.73. The second-order valence-electron chi connectivity index (χ2n) is 6.00. The summed E-state index contributed by atoms with van der Waals surface area (Å²) in [4.78, 5) is 0. The number of rotatable bonds is 5. The zero-order valence-corrected chi connectivity index (χ0v) is 16.8. The van der Waals surface area contributed by atoms with Crippen molar-refractivity contribution in [3.63, 3.8) is 0 Å². The molecule has 0 bridgehead atoms. The normalized spacial score (nSPS) is 11.0. The van der Waals surface area contributed by atoms with Gasteiger partial charge in [-0.1, -0.05) is 53.2 Å². The maximum Gasteiger partial charge on any atom is 0.196 e. The smallest absolute Gasteiger partial charge is 0.196 e. The first kappa shape index (κ1) is 19.0. The van der Waals surface area contributed by atoms with Crippen LogP contribution in [0.2, 0.25) is 10.0 Å². The van der Waals surface area contributed by atoms with Gasteiger partial charge in [0.1, 0.15) is 5.82 Å². The van der Waals surface area contributed by atoms with E-state index in [1.54, 1.807) is 24.3 Å². The molecular weight excluding hydrogens is 416 g/mol. The van der Waals surface area contributed by atoms with Crippen molar-refractivity contribution < 1.29 is 4.39 Å². The second-order valence-corrected chi connectivity index (χ2v) is 7.79. The van der Waals surface area contributed by atoms with Crippen LogP contribution in [0, 0.1) is 5.82 Å². The molecule has 0 N–H and O–H groups in total. The SMILES string of the molecule is Fc1ccc(-n2c(SCc3ccccc3Cl)nnc2-c2ccc(Cl)cc2)cc1. The molecule has 0 aliphatic rings. The lowest BCUT2D eigenvalue weighted by molar-refractivity contribution is 0.627. The van der Waals surface area contributed by atoms with Gasteiger partial charge in [-0.05, 0) is 60.2 Å². The van der Waals surface area contributed by atoms with Gasteiger partial charge in [0.05, 0.1) is 0 Å². The van der Waals surface area contributed by atoms with Crippen molar-refractivity contribution in [1.29, 1.82) is 0 Å². The van der Waals surface area contributed by atoms with Gasteiger partial charge in [-0.2, -0.15) is 0 Å². The molecule has 7 heteroatoms. The highest BCUT2D eigenvalue weighted by Crippen LogP contribution is 2.31. The second kappa shape index (κ2) is 8.35. The maximum absolute atomic E-state index is 13.4. The molecule has 4 rings (SSSR count). The van der Waals surface area contributed by atoms with E-state index in [0.29, 0.717) is 26.8 Å². The molecule has 0 aliphatic heterocycles. The average Bonchev–Trinajstić information content (AvgIpc) is 3.12. The third kappa shape index (κ3) is 4.07. The lowest BCUT2D eigenvalue weighted by Gasteiger charge is -2.11. The predicted molar refractivity (Wildman–Crippen MR) is 113 cm³/mol. The molecular formula is C21H14Cl2FN3S. The number of thioether (sulfide) groups is 1. The van der Waals surface area contributed by atoms with Crippen molar-refractivity contribution in [3.05, 3.63) is 94.2 Å². The summed E-state index contributed by atoms with van der Waals surface area (Å²) in [6.45, 7) is 0. The molecule has 0 saturated heterocycles. The van der Waals surface area contributed by atoms with Crippen molar-refractivity contribution in [1.82, 2.24) is 14.8 Å². The van der Waals surface area contributed by atoms with E-state index in [4.69, 9.17) is 23.2 Å². The van der Waals surface area contributed by atoms with Crippen LogP contribution in [0.15, 0.2) is 78.0 Å². The van der Waals surface area contributed by atoms with E-state index in [2.05, 4.69) is 10.2 Å².